The van der Waals surface area contributed by atoms with Gasteiger partial charge >= 0.3 is 0 Å². The largest absolute Gasteiger partial charge is 0.490 e. The van der Waals surface area contributed by atoms with Gasteiger partial charge in [-0.25, -0.2) is 4.98 Å². The third-order valence-electron chi connectivity index (χ3n) is 4.72. The number of rotatable bonds is 4. The van der Waals surface area contributed by atoms with Crippen molar-refractivity contribution in [1.82, 2.24) is 15.2 Å². The monoisotopic (exact) mass is 514 g/mol. The summed E-state index contributed by atoms with van der Waals surface area (Å²) >= 11 is 1.71. The summed E-state index contributed by atoms with van der Waals surface area (Å²) in [5.41, 5.74) is 1.25. The molecule has 7 heteroatoms. The highest BCUT2D eigenvalue weighted by Gasteiger charge is 2.23. The van der Waals surface area contributed by atoms with Crippen molar-refractivity contribution >= 4 is 41.3 Å². The molecule has 0 saturated carbocycles. The number of hydrogen-bond donors (Lipinski definition) is 1. The lowest BCUT2D eigenvalue weighted by molar-refractivity contribution is 0.129. The molecule has 1 aliphatic heterocycles. The Morgan fingerprint density at radius 1 is 1.25 bits per heavy atom. The van der Waals surface area contributed by atoms with Crippen LogP contribution in [0.4, 0.5) is 0 Å². The van der Waals surface area contributed by atoms with Gasteiger partial charge in [-0.1, -0.05) is 39.0 Å². The molecule has 0 radical (unpaired) electrons. The molecule has 0 unspecified atom stereocenters. The van der Waals surface area contributed by atoms with Crippen molar-refractivity contribution in [3.05, 3.63) is 46.4 Å². The SMILES string of the molecule is CN=C(NCc1nc(C(C)(C)C)cs1)N1CCC(Oc2ccccc2)CC1.I. The van der Waals surface area contributed by atoms with E-state index in [-0.39, 0.29) is 35.5 Å². The lowest BCUT2D eigenvalue weighted by Crippen LogP contribution is -2.47. The van der Waals surface area contributed by atoms with Gasteiger partial charge in [0.25, 0.3) is 0 Å². The molecule has 0 atom stereocenters. The Balaban J connectivity index is 0.00000280. The van der Waals surface area contributed by atoms with Crippen LogP contribution in [0.1, 0.15) is 44.3 Å². The van der Waals surface area contributed by atoms with Crippen LogP contribution < -0.4 is 10.1 Å². The van der Waals surface area contributed by atoms with Crippen LogP contribution in [0.25, 0.3) is 0 Å². The quantitative estimate of drug-likeness (QED) is 0.366. The molecule has 5 nitrogen and oxygen atoms in total. The van der Waals surface area contributed by atoms with Gasteiger partial charge in [0.2, 0.25) is 0 Å². The molecule has 154 valence electrons. The molecule has 3 rings (SSSR count). The van der Waals surface area contributed by atoms with Gasteiger partial charge < -0.3 is 15.0 Å². The van der Waals surface area contributed by atoms with Crippen molar-refractivity contribution in [2.75, 3.05) is 20.1 Å². The molecule has 1 aromatic carbocycles. The fourth-order valence-corrected chi connectivity index (χ4v) is 4.06. The molecule has 1 fully saturated rings. The summed E-state index contributed by atoms with van der Waals surface area (Å²) in [4.78, 5) is 11.5. The van der Waals surface area contributed by atoms with Gasteiger partial charge in [-0.05, 0) is 12.1 Å². The summed E-state index contributed by atoms with van der Waals surface area (Å²) in [5, 5.41) is 6.73. The second kappa shape index (κ2) is 10.4. The number of aliphatic imine (C=N–C) groups is 1. The Kier molecular flexibility index (Phi) is 8.55. The predicted molar refractivity (Wildman–Crippen MR) is 128 cm³/mol. The number of thiazole rings is 1. The molecule has 28 heavy (non-hydrogen) atoms. The zero-order chi connectivity index (χ0) is 19.3. The van der Waals surface area contributed by atoms with E-state index in [1.165, 1.54) is 0 Å². The van der Waals surface area contributed by atoms with Crippen molar-refractivity contribution in [2.45, 2.75) is 51.7 Å². The van der Waals surface area contributed by atoms with E-state index in [1.807, 2.05) is 37.4 Å². The van der Waals surface area contributed by atoms with Gasteiger partial charge in [0.15, 0.2) is 5.96 Å². The first-order valence-corrected chi connectivity index (χ1v) is 10.5. The number of halogens is 1. The molecule has 1 aliphatic rings. The van der Waals surface area contributed by atoms with Crippen LogP contribution in [0, 0.1) is 0 Å². The molecule has 2 heterocycles. The van der Waals surface area contributed by atoms with Gasteiger partial charge in [-0.15, -0.1) is 35.3 Å². The standard InChI is InChI=1S/C21H30N4OS.HI/c1-21(2,3)18-15-27-19(24-18)14-23-20(22-4)25-12-10-17(11-13-25)26-16-8-6-5-7-9-16;/h5-9,15,17H,10-14H2,1-4H3,(H,22,23);1H. The van der Waals surface area contributed by atoms with Crippen molar-refractivity contribution in [3.63, 3.8) is 0 Å². The highest BCUT2D eigenvalue weighted by atomic mass is 127. The Bertz CT molecular complexity index is 749. The Morgan fingerprint density at radius 2 is 1.93 bits per heavy atom. The van der Waals surface area contributed by atoms with Crippen LogP contribution in [0.3, 0.4) is 0 Å². The summed E-state index contributed by atoms with van der Waals surface area (Å²) in [6, 6.07) is 10.1. The number of aromatic nitrogens is 1. The van der Waals surface area contributed by atoms with E-state index in [1.54, 1.807) is 11.3 Å². The van der Waals surface area contributed by atoms with Crippen LogP contribution in [-0.2, 0) is 12.0 Å². The average Bonchev–Trinajstić information content (AvgIpc) is 3.14. The summed E-state index contributed by atoms with van der Waals surface area (Å²) in [6.45, 7) is 9.19. The first-order chi connectivity index (χ1) is 13.0. The van der Waals surface area contributed by atoms with E-state index in [9.17, 15) is 0 Å². The Morgan fingerprint density at radius 3 is 2.50 bits per heavy atom. The first kappa shape index (κ1) is 22.9. The number of para-hydroxylation sites is 1. The van der Waals surface area contributed by atoms with Crippen molar-refractivity contribution < 1.29 is 4.74 Å². The first-order valence-electron chi connectivity index (χ1n) is 9.58. The summed E-state index contributed by atoms with van der Waals surface area (Å²) in [6.07, 6.45) is 2.28. The summed E-state index contributed by atoms with van der Waals surface area (Å²) in [5.74, 6) is 1.90. The fraction of sp³-hybridized carbons (Fsp3) is 0.524. The molecule has 0 amide bonds. The minimum Gasteiger partial charge on any atom is -0.490 e. The summed E-state index contributed by atoms with van der Waals surface area (Å²) < 4.78 is 6.09. The second-order valence-corrected chi connectivity index (χ2v) is 8.84. The number of benzene rings is 1. The van der Waals surface area contributed by atoms with E-state index in [0.29, 0.717) is 6.54 Å². The number of piperidine rings is 1. The highest BCUT2D eigenvalue weighted by molar-refractivity contribution is 14.0. The topological polar surface area (TPSA) is 49.8 Å². The molecular formula is C21H31IN4OS. The molecule has 2 aromatic rings. The number of likely N-dealkylation sites (tertiary alicyclic amines) is 1. The minimum atomic E-state index is 0. The third-order valence-corrected chi connectivity index (χ3v) is 5.57. The zero-order valence-corrected chi connectivity index (χ0v) is 20.3. The molecule has 0 bridgehead atoms. The number of hydrogen-bond acceptors (Lipinski definition) is 4. The Labute approximate surface area is 189 Å². The van der Waals surface area contributed by atoms with Gasteiger partial charge in [-0.2, -0.15) is 0 Å². The third kappa shape index (κ3) is 6.34. The lowest BCUT2D eigenvalue weighted by atomic mass is 9.93. The van der Waals surface area contributed by atoms with Crippen LogP contribution in [0.2, 0.25) is 0 Å². The average molecular weight is 514 g/mol. The van der Waals surface area contributed by atoms with Crippen LogP contribution in [0.5, 0.6) is 5.75 Å². The van der Waals surface area contributed by atoms with Crippen molar-refractivity contribution in [3.8, 4) is 5.75 Å². The number of ether oxygens (including phenoxy) is 1. The second-order valence-electron chi connectivity index (χ2n) is 7.89. The molecule has 0 aliphatic carbocycles. The predicted octanol–water partition coefficient (Wildman–Crippen LogP) is 4.68. The maximum atomic E-state index is 6.09. The normalized spacial score (nSPS) is 15.9. The van der Waals surface area contributed by atoms with E-state index in [0.717, 1.165) is 48.3 Å². The molecular weight excluding hydrogens is 483 g/mol. The van der Waals surface area contributed by atoms with E-state index in [4.69, 9.17) is 9.72 Å². The van der Waals surface area contributed by atoms with Gasteiger partial charge in [0.05, 0.1) is 12.2 Å². The van der Waals surface area contributed by atoms with Crippen molar-refractivity contribution in [1.29, 1.82) is 0 Å². The van der Waals surface area contributed by atoms with Crippen LogP contribution >= 0.6 is 35.3 Å². The van der Waals surface area contributed by atoms with Gasteiger partial charge in [0, 0.05) is 43.8 Å². The Hall–Kier alpha value is -1.35. The zero-order valence-electron chi connectivity index (χ0n) is 17.1. The number of nitrogens with zero attached hydrogens (tertiary/aromatic N) is 3. The lowest BCUT2D eigenvalue weighted by Gasteiger charge is -2.34. The molecule has 1 aromatic heterocycles. The molecule has 1 saturated heterocycles. The highest BCUT2D eigenvalue weighted by Crippen LogP contribution is 2.24. The van der Waals surface area contributed by atoms with Gasteiger partial charge in [-0.3, -0.25) is 4.99 Å². The number of guanidine groups is 1. The van der Waals surface area contributed by atoms with E-state index in [2.05, 4.69) is 41.4 Å². The maximum Gasteiger partial charge on any atom is 0.193 e. The fourth-order valence-electron chi connectivity index (χ4n) is 3.10. The van der Waals surface area contributed by atoms with E-state index >= 15 is 0 Å². The minimum absolute atomic E-state index is 0. The molecule has 0 spiro atoms. The molecule has 1 N–H and O–H groups in total. The smallest absolute Gasteiger partial charge is 0.193 e. The van der Waals surface area contributed by atoms with E-state index < -0.39 is 0 Å². The summed E-state index contributed by atoms with van der Waals surface area (Å²) in [7, 11) is 1.84. The van der Waals surface area contributed by atoms with Gasteiger partial charge in [0.1, 0.15) is 16.9 Å². The maximum absolute atomic E-state index is 6.09. The number of nitrogens with one attached hydrogen (secondary N) is 1. The van der Waals surface area contributed by atoms with Crippen molar-refractivity contribution in [2.24, 2.45) is 4.99 Å². The van der Waals surface area contributed by atoms with Crippen LogP contribution in [0.15, 0.2) is 40.7 Å². The van der Waals surface area contributed by atoms with Crippen LogP contribution in [-0.4, -0.2) is 42.1 Å².